The van der Waals surface area contributed by atoms with Gasteiger partial charge in [-0.2, -0.15) is 0 Å². The van der Waals surface area contributed by atoms with Crippen molar-refractivity contribution in [1.29, 1.82) is 0 Å². The van der Waals surface area contributed by atoms with Gasteiger partial charge in [-0.25, -0.2) is 0 Å². The van der Waals surface area contributed by atoms with Crippen molar-refractivity contribution in [2.75, 3.05) is 0 Å². The first-order valence-corrected chi connectivity index (χ1v) is 15.3. The Morgan fingerprint density at radius 2 is 0.800 bits per heavy atom. The molecule has 0 N–H and O–H groups in total. The van der Waals surface area contributed by atoms with E-state index in [2.05, 4.69) is 79.6 Å². The second kappa shape index (κ2) is 4.76. The summed E-state index contributed by atoms with van der Waals surface area (Å²) in [6, 6.07) is 0. The van der Waals surface area contributed by atoms with Crippen LogP contribution in [0.1, 0.15) is 62.3 Å². The predicted octanol–water partition coefficient (Wildman–Crippen LogP) is 6.61. The molecule has 0 aromatic heterocycles. The molecule has 0 amide bonds. The van der Waals surface area contributed by atoms with Crippen molar-refractivity contribution in [3.05, 3.63) is 21.1 Å². The van der Waals surface area contributed by atoms with Crippen LogP contribution in [-0.4, -0.2) is 13.3 Å². The Bertz CT molecular complexity index is 359. The van der Waals surface area contributed by atoms with E-state index in [0.29, 0.717) is 0 Å². The van der Waals surface area contributed by atoms with Crippen LogP contribution in [0.25, 0.3) is 0 Å². The Morgan fingerprint density at radius 1 is 0.500 bits per heavy atom. The van der Waals surface area contributed by atoms with E-state index in [9.17, 15) is 0 Å². The zero-order valence-corrected chi connectivity index (χ0v) is 18.1. The average molecular weight is 337 g/mol. The SMILES string of the molecule is CC(C)(C)C1=C(C(C)(C)C)[C]([Ge]([CH3])([CH3])[CH3])=C1C(C)(C)C. The summed E-state index contributed by atoms with van der Waals surface area (Å²) in [5.74, 6) is 7.64. The molecule has 0 heterocycles. The normalized spacial score (nSPS) is 18.6. The van der Waals surface area contributed by atoms with Gasteiger partial charge in [0.05, 0.1) is 0 Å². The molecule has 0 nitrogen and oxygen atoms in total. The maximum absolute atomic E-state index is 2.55. The molecule has 20 heavy (non-hydrogen) atoms. The van der Waals surface area contributed by atoms with Gasteiger partial charge in [0, 0.05) is 0 Å². The van der Waals surface area contributed by atoms with Gasteiger partial charge >= 0.3 is 130 Å². The Balaban J connectivity index is 3.65. The van der Waals surface area contributed by atoms with Crippen LogP contribution in [0.4, 0.5) is 0 Å². The molecule has 0 radical (unpaired) electrons. The van der Waals surface area contributed by atoms with Crippen LogP contribution in [0.15, 0.2) is 21.1 Å². The van der Waals surface area contributed by atoms with Gasteiger partial charge in [-0.15, -0.1) is 0 Å². The van der Waals surface area contributed by atoms with E-state index in [1.165, 1.54) is 0 Å². The third kappa shape index (κ3) is 3.26. The molecule has 1 rings (SSSR count). The van der Waals surface area contributed by atoms with Gasteiger partial charge in [0.25, 0.3) is 0 Å². The van der Waals surface area contributed by atoms with Crippen LogP contribution < -0.4 is 0 Å². The molecule has 1 aliphatic carbocycles. The van der Waals surface area contributed by atoms with Crippen molar-refractivity contribution >= 4 is 13.3 Å². The summed E-state index contributed by atoms with van der Waals surface area (Å²) in [6.45, 7) is 21.5. The van der Waals surface area contributed by atoms with Crippen molar-refractivity contribution < 1.29 is 0 Å². The maximum atomic E-state index is 2.55. The second-order valence-corrected chi connectivity index (χ2v) is 21.0. The molecular formula is C19H36Ge. The number of hydrogen-bond donors (Lipinski definition) is 0. The summed E-state index contributed by atoms with van der Waals surface area (Å²) in [5, 5.41) is 0. The molecule has 0 atom stereocenters. The third-order valence-electron chi connectivity index (χ3n) is 4.00. The Hall–Kier alpha value is 0.0229. The van der Waals surface area contributed by atoms with Crippen LogP contribution >= 0.6 is 0 Å². The molecule has 0 unspecified atom stereocenters. The van der Waals surface area contributed by atoms with Crippen LogP contribution in [0.3, 0.4) is 0 Å². The first-order valence-electron chi connectivity index (χ1n) is 8.00. The van der Waals surface area contributed by atoms with Gasteiger partial charge in [-0.1, -0.05) is 0 Å². The minimum absolute atomic E-state index is 0.252. The van der Waals surface area contributed by atoms with E-state index in [1.807, 2.05) is 0 Å². The third-order valence-corrected chi connectivity index (χ3v) is 8.20. The van der Waals surface area contributed by atoms with E-state index in [1.54, 1.807) is 21.1 Å². The first kappa shape index (κ1) is 18.1. The standard InChI is InChI=1S/C19H36Ge/c1-17(2,3)13-14(18(4,5)6)16(20(10,11)12)15(13)19(7,8)9/h1-12H3. The van der Waals surface area contributed by atoms with E-state index in [0.717, 1.165) is 0 Å². The molecule has 0 fully saturated rings. The fraction of sp³-hybridized carbons (Fsp3) is 0.789. The van der Waals surface area contributed by atoms with E-state index >= 15 is 0 Å². The summed E-state index contributed by atoms with van der Waals surface area (Å²) >= 11 is -1.86. The molecule has 0 aromatic rings. The molecule has 0 aromatic carbocycles. The Morgan fingerprint density at radius 3 is 1.00 bits per heavy atom. The Kier molecular flexibility index (Phi) is 4.30. The van der Waals surface area contributed by atoms with Crippen LogP contribution in [-0.2, 0) is 0 Å². The number of rotatable bonds is 1. The van der Waals surface area contributed by atoms with Gasteiger partial charge in [0.2, 0.25) is 0 Å². The van der Waals surface area contributed by atoms with Crippen molar-refractivity contribution in [3.8, 4) is 0 Å². The average Bonchev–Trinajstić information content (AvgIpc) is 1.86. The topological polar surface area (TPSA) is 0 Å². The minimum atomic E-state index is -1.86. The molecule has 0 saturated heterocycles. The van der Waals surface area contributed by atoms with Gasteiger partial charge < -0.3 is 0 Å². The molecule has 0 spiro atoms. The summed E-state index contributed by atoms with van der Waals surface area (Å²) in [5.41, 5.74) is 5.84. The van der Waals surface area contributed by atoms with Crippen LogP contribution in [0.2, 0.25) is 17.3 Å². The quantitative estimate of drug-likeness (QED) is 0.472. The summed E-state index contributed by atoms with van der Waals surface area (Å²) in [4.78, 5) is 0. The van der Waals surface area contributed by atoms with E-state index < -0.39 is 13.3 Å². The first-order chi connectivity index (χ1) is 8.49. The van der Waals surface area contributed by atoms with Crippen molar-refractivity contribution in [2.45, 2.75) is 79.6 Å². The summed E-state index contributed by atoms with van der Waals surface area (Å²) in [7, 11) is 0. The molecule has 0 saturated carbocycles. The monoisotopic (exact) mass is 338 g/mol. The zero-order chi connectivity index (χ0) is 16.3. The second-order valence-electron chi connectivity index (χ2n) is 10.5. The predicted molar refractivity (Wildman–Crippen MR) is 95.8 cm³/mol. The summed E-state index contributed by atoms with van der Waals surface area (Å²) < 4.78 is 1.80. The van der Waals surface area contributed by atoms with Gasteiger partial charge in [-0.05, 0) is 0 Å². The number of hydrogen-bond acceptors (Lipinski definition) is 0. The van der Waals surface area contributed by atoms with Crippen molar-refractivity contribution in [1.82, 2.24) is 0 Å². The molecule has 1 heteroatoms. The molecular weight excluding hydrogens is 301 g/mol. The molecule has 0 aliphatic heterocycles. The van der Waals surface area contributed by atoms with Gasteiger partial charge in [0.1, 0.15) is 0 Å². The van der Waals surface area contributed by atoms with E-state index in [4.69, 9.17) is 0 Å². The molecule has 0 bridgehead atoms. The van der Waals surface area contributed by atoms with Crippen LogP contribution in [0, 0.1) is 16.2 Å². The van der Waals surface area contributed by atoms with Gasteiger partial charge in [0.15, 0.2) is 0 Å². The van der Waals surface area contributed by atoms with Crippen molar-refractivity contribution in [2.24, 2.45) is 16.2 Å². The zero-order valence-electron chi connectivity index (χ0n) is 16.0. The fourth-order valence-electron chi connectivity index (χ4n) is 3.44. The molecule has 1 aliphatic rings. The summed E-state index contributed by atoms with van der Waals surface area (Å²) in [6.07, 6.45) is 0. The van der Waals surface area contributed by atoms with Crippen LogP contribution in [0.5, 0.6) is 0 Å². The van der Waals surface area contributed by atoms with Gasteiger partial charge in [-0.3, -0.25) is 0 Å². The Labute approximate surface area is 130 Å². The molecule has 116 valence electrons. The van der Waals surface area contributed by atoms with E-state index in [-0.39, 0.29) is 16.2 Å². The van der Waals surface area contributed by atoms with Crippen molar-refractivity contribution in [3.63, 3.8) is 0 Å². The number of allylic oxidation sites excluding steroid dienone is 4. The fourth-order valence-corrected chi connectivity index (χ4v) is 8.68.